The van der Waals surface area contributed by atoms with E-state index >= 15 is 0 Å². The fourth-order valence-electron chi connectivity index (χ4n) is 3.34. The number of hydrogen-bond donors (Lipinski definition) is 1. The molecule has 0 radical (unpaired) electrons. The van der Waals surface area contributed by atoms with Gasteiger partial charge in [0.1, 0.15) is 18.9 Å². The predicted molar refractivity (Wildman–Crippen MR) is 98.8 cm³/mol. The maximum atomic E-state index is 6.31. The second kappa shape index (κ2) is 10.8. The van der Waals surface area contributed by atoms with E-state index in [1.165, 1.54) is 61.2 Å². The molecule has 0 aliphatic heterocycles. The number of ether oxygens (including phenoxy) is 1. The van der Waals surface area contributed by atoms with Crippen molar-refractivity contribution >= 4 is 5.76 Å². The zero-order chi connectivity index (χ0) is 16.7. The number of allylic oxidation sites excluding steroid dienone is 1. The molecule has 0 amide bonds. The van der Waals surface area contributed by atoms with Crippen LogP contribution in [-0.4, -0.2) is 26.2 Å². The summed E-state index contributed by atoms with van der Waals surface area (Å²) in [4.78, 5) is 1.61. The fourth-order valence-corrected chi connectivity index (χ4v) is 3.34. The summed E-state index contributed by atoms with van der Waals surface area (Å²) in [5.74, 6) is 1.75. The van der Waals surface area contributed by atoms with Crippen LogP contribution in [0.3, 0.4) is 0 Å². The van der Waals surface area contributed by atoms with Gasteiger partial charge in [-0.2, -0.15) is 0 Å². The van der Waals surface area contributed by atoms with Gasteiger partial charge in [0.05, 0.1) is 13.1 Å². The number of nitrogens with one attached hydrogen (secondary N) is 1. The summed E-state index contributed by atoms with van der Waals surface area (Å²) in [5.41, 5.74) is 4.19. The van der Waals surface area contributed by atoms with E-state index in [2.05, 4.69) is 52.0 Å². The van der Waals surface area contributed by atoms with Gasteiger partial charge in [0, 0.05) is 5.56 Å². The second-order valence-corrected chi connectivity index (χ2v) is 6.97. The maximum Gasteiger partial charge on any atom is 0.137 e. The Bertz CT molecular complexity index is 495. The average Bonchev–Trinajstić information content (AvgIpc) is 3.09. The van der Waals surface area contributed by atoms with Crippen LogP contribution in [0.1, 0.15) is 70.4 Å². The molecule has 0 bridgehead atoms. The molecule has 1 fully saturated rings. The van der Waals surface area contributed by atoms with Crippen LogP contribution in [0.4, 0.5) is 0 Å². The minimum absolute atomic E-state index is 0. The van der Waals surface area contributed by atoms with Crippen LogP contribution in [-0.2, 0) is 4.74 Å². The second-order valence-electron chi connectivity index (χ2n) is 6.97. The average molecular weight is 352 g/mol. The molecule has 2 nitrogen and oxygen atoms in total. The van der Waals surface area contributed by atoms with Crippen LogP contribution in [0.2, 0.25) is 0 Å². The smallest absolute Gasteiger partial charge is 0.137 e. The van der Waals surface area contributed by atoms with Crippen molar-refractivity contribution in [1.82, 2.24) is 0 Å². The first-order valence-electron chi connectivity index (χ1n) is 9.44. The Hall–Kier alpha value is -0.990. The molecule has 3 heteroatoms. The summed E-state index contributed by atoms with van der Waals surface area (Å²) < 4.78 is 6.31. The first kappa shape index (κ1) is 21.1. The molecule has 0 atom stereocenters. The number of hydrogen-bond acceptors (Lipinski definition) is 1. The summed E-state index contributed by atoms with van der Waals surface area (Å²) in [6.45, 7) is 13.3. The van der Waals surface area contributed by atoms with E-state index in [4.69, 9.17) is 4.74 Å². The Labute approximate surface area is 154 Å². The molecule has 0 saturated heterocycles. The van der Waals surface area contributed by atoms with Crippen molar-refractivity contribution in [1.29, 1.82) is 0 Å². The van der Waals surface area contributed by atoms with E-state index in [0.717, 1.165) is 13.2 Å². The highest BCUT2D eigenvalue weighted by atomic mass is 35.5. The van der Waals surface area contributed by atoms with E-state index < -0.39 is 0 Å². The summed E-state index contributed by atoms with van der Waals surface area (Å²) in [6, 6.07) is 9.02. The molecule has 0 aromatic heterocycles. The summed E-state index contributed by atoms with van der Waals surface area (Å²) in [6.07, 6.45) is 5.04. The minimum Gasteiger partial charge on any atom is -1.00 e. The Kier molecular flexibility index (Phi) is 9.46. The lowest BCUT2D eigenvalue weighted by molar-refractivity contribution is -0.896. The van der Waals surface area contributed by atoms with E-state index in [1.807, 2.05) is 0 Å². The van der Waals surface area contributed by atoms with Crippen molar-refractivity contribution in [2.75, 3.05) is 26.2 Å². The zero-order valence-corrected chi connectivity index (χ0v) is 16.6. The largest absolute Gasteiger partial charge is 1.00 e. The Morgan fingerprint density at radius 2 is 1.62 bits per heavy atom. The quantitative estimate of drug-likeness (QED) is 0.691. The van der Waals surface area contributed by atoms with Crippen molar-refractivity contribution in [3.63, 3.8) is 0 Å². The topological polar surface area (TPSA) is 13.7 Å². The molecule has 2 rings (SSSR count). The van der Waals surface area contributed by atoms with Crippen molar-refractivity contribution in [2.24, 2.45) is 0 Å². The molecule has 0 unspecified atom stereocenters. The van der Waals surface area contributed by atoms with E-state index in [1.54, 1.807) is 4.90 Å². The minimum atomic E-state index is 0. The van der Waals surface area contributed by atoms with Crippen molar-refractivity contribution in [3.05, 3.63) is 41.0 Å². The number of rotatable bonds is 8. The lowest BCUT2D eigenvalue weighted by atomic mass is 10.00. The standard InChI is InChI=1S/C21H33NO.ClH/c1-5-22(6-2)15-16-23-21(19-9-7-8-10-19)20-13-11-18(12-14-20)17(3)4;/h11-14,17H,5-10,15-16H2,1-4H3;1H. The molecule has 1 aliphatic carbocycles. The van der Waals surface area contributed by atoms with Gasteiger partial charge in [0.2, 0.25) is 0 Å². The van der Waals surface area contributed by atoms with Gasteiger partial charge in [-0.15, -0.1) is 0 Å². The van der Waals surface area contributed by atoms with E-state index in [9.17, 15) is 0 Å². The van der Waals surface area contributed by atoms with Gasteiger partial charge in [-0.05, 0) is 56.6 Å². The normalized spacial score (nSPS) is 14.2. The number of likely N-dealkylation sites (N-methyl/N-ethyl adjacent to an activating group) is 1. The van der Waals surface area contributed by atoms with Crippen LogP contribution in [0.5, 0.6) is 0 Å². The monoisotopic (exact) mass is 351 g/mol. The molecule has 24 heavy (non-hydrogen) atoms. The third-order valence-electron chi connectivity index (χ3n) is 5.07. The van der Waals surface area contributed by atoms with Gasteiger partial charge in [-0.25, -0.2) is 0 Å². The molecule has 1 saturated carbocycles. The van der Waals surface area contributed by atoms with Crippen LogP contribution in [0, 0.1) is 0 Å². The molecular weight excluding hydrogens is 318 g/mol. The van der Waals surface area contributed by atoms with Crippen LogP contribution in [0.15, 0.2) is 29.8 Å². The highest BCUT2D eigenvalue weighted by Gasteiger charge is 2.16. The van der Waals surface area contributed by atoms with Crippen molar-refractivity contribution in [3.8, 4) is 0 Å². The first-order valence-corrected chi connectivity index (χ1v) is 9.44. The maximum absolute atomic E-state index is 6.31. The summed E-state index contributed by atoms with van der Waals surface area (Å²) in [7, 11) is 0. The van der Waals surface area contributed by atoms with Gasteiger partial charge in [-0.3, -0.25) is 0 Å². The Morgan fingerprint density at radius 3 is 2.12 bits per heavy atom. The summed E-state index contributed by atoms with van der Waals surface area (Å²) >= 11 is 0. The SMILES string of the molecule is CC[NH+](CC)CCOC(=C1CCCC1)c1ccc(C(C)C)cc1.[Cl-]. The fraction of sp³-hybridized carbons (Fsp3) is 0.619. The molecule has 1 aromatic carbocycles. The van der Waals surface area contributed by atoms with Gasteiger partial charge in [0.25, 0.3) is 0 Å². The van der Waals surface area contributed by atoms with Crippen molar-refractivity contribution < 1.29 is 22.0 Å². The number of benzene rings is 1. The first-order chi connectivity index (χ1) is 11.2. The van der Waals surface area contributed by atoms with Crippen molar-refractivity contribution in [2.45, 2.75) is 59.3 Å². The molecule has 0 heterocycles. The lowest BCUT2D eigenvalue weighted by Crippen LogP contribution is -3.11. The van der Waals surface area contributed by atoms with Crippen LogP contribution >= 0.6 is 0 Å². The lowest BCUT2D eigenvalue weighted by Gasteiger charge is -2.18. The molecule has 1 aliphatic rings. The molecule has 1 N–H and O–H groups in total. The zero-order valence-electron chi connectivity index (χ0n) is 15.8. The van der Waals surface area contributed by atoms with E-state index in [-0.39, 0.29) is 12.4 Å². The third-order valence-corrected chi connectivity index (χ3v) is 5.07. The molecular formula is C21H34ClNO. The number of halogens is 1. The van der Waals surface area contributed by atoms with E-state index in [0.29, 0.717) is 5.92 Å². The van der Waals surface area contributed by atoms with Crippen LogP contribution in [0.25, 0.3) is 5.76 Å². The number of quaternary nitrogens is 1. The molecule has 136 valence electrons. The van der Waals surface area contributed by atoms with Gasteiger partial charge in [-0.1, -0.05) is 38.1 Å². The van der Waals surface area contributed by atoms with Gasteiger partial charge in [0.15, 0.2) is 0 Å². The summed E-state index contributed by atoms with van der Waals surface area (Å²) in [5, 5.41) is 0. The highest BCUT2D eigenvalue weighted by molar-refractivity contribution is 5.64. The van der Waals surface area contributed by atoms with Gasteiger partial charge < -0.3 is 22.0 Å². The van der Waals surface area contributed by atoms with Gasteiger partial charge >= 0.3 is 0 Å². The molecule has 0 spiro atoms. The Balaban J connectivity index is 0.00000288. The predicted octanol–water partition coefficient (Wildman–Crippen LogP) is 1.04. The highest BCUT2D eigenvalue weighted by Crippen LogP contribution is 2.32. The Morgan fingerprint density at radius 1 is 1.04 bits per heavy atom. The molecule has 1 aromatic rings. The third kappa shape index (κ3) is 5.82. The van der Waals surface area contributed by atoms with Crippen LogP contribution < -0.4 is 17.3 Å².